The minimum absolute atomic E-state index is 0.0122. The summed E-state index contributed by atoms with van der Waals surface area (Å²) in [5, 5.41) is 0. The standard InChI is InChI=1S/C15H18N4O3/c1-17(9-6-11-4-7-16-8-5-11)13(20)12-10-18(2)15(22)19(3)14(12)21/h4-5,7-8,10H,6,9H2,1-3H3. The highest BCUT2D eigenvalue weighted by Gasteiger charge is 2.18. The van der Waals surface area contributed by atoms with E-state index in [1.165, 1.54) is 29.8 Å². The van der Waals surface area contributed by atoms with Gasteiger partial charge in [0, 0.05) is 46.3 Å². The van der Waals surface area contributed by atoms with Crippen LogP contribution in [0.3, 0.4) is 0 Å². The predicted octanol–water partition coefficient (Wildman–Crippen LogP) is -0.206. The van der Waals surface area contributed by atoms with Gasteiger partial charge in [0.25, 0.3) is 11.5 Å². The first-order valence-corrected chi connectivity index (χ1v) is 6.83. The molecule has 0 atom stereocenters. The molecule has 7 heteroatoms. The highest BCUT2D eigenvalue weighted by Crippen LogP contribution is 2.02. The second kappa shape index (κ2) is 6.38. The molecule has 0 aliphatic carbocycles. The Labute approximate surface area is 127 Å². The van der Waals surface area contributed by atoms with E-state index in [4.69, 9.17) is 0 Å². The topological polar surface area (TPSA) is 77.2 Å². The van der Waals surface area contributed by atoms with E-state index >= 15 is 0 Å². The van der Waals surface area contributed by atoms with Gasteiger partial charge >= 0.3 is 5.69 Å². The minimum Gasteiger partial charge on any atom is -0.341 e. The van der Waals surface area contributed by atoms with Crippen LogP contribution >= 0.6 is 0 Å². The summed E-state index contributed by atoms with van der Waals surface area (Å²) in [6.45, 7) is 0.467. The summed E-state index contributed by atoms with van der Waals surface area (Å²) in [5.74, 6) is -0.398. The van der Waals surface area contributed by atoms with Gasteiger partial charge in [-0.3, -0.25) is 19.1 Å². The Balaban J connectivity index is 2.18. The number of carbonyl (C=O) groups excluding carboxylic acids is 1. The van der Waals surface area contributed by atoms with E-state index in [-0.39, 0.29) is 5.56 Å². The van der Waals surface area contributed by atoms with Gasteiger partial charge in [0.05, 0.1) is 0 Å². The van der Waals surface area contributed by atoms with Crippen LogP contribution in [0.5, 0.6) is 0 Å². The van der Waals surface area contributed by atoms with Crippen molar-refractivity contribution in [3.63, 3.8) is 0 Å². The Morgan fingerprint density at radius 1 is 1.23 bits per heavy atom. The number of carbonyl (C=O) groups is 1. The van der Waals surface area contributed by atoms with E-state index in [0.717, 1.165) is 10.1 Å². The number of aromatic nitrogens is 3. The van der Waals surface area contributed by atoms with Crippen molar-refractivity contribution >= 4 is 5.91 Å². The van der Waals surface area contributed by atoms with Crippen LogP contribution in [-0.2, 0) is 20.5 Å². The average molecular weight is 302 g/mol. The van der Waals surface area contributed by atoms with Gasteiger partial charge < -0.3 is 9.47 Å². The number of hydrogen-bond acceptors (Lipinski definition) is 4. The van der Waals surface area contributed by atoms with Crippen molar-refractivity contribution in [3.8, 4) is 0 Å². The first-order chi connectivity index (χ1) is 10.4. The van der Waals surface area contributed by atoms with Crippen LogP contribution in [0.15, 0.2) is 40.3 Å². The fourth-order valence-corrected chi connectivity index (χ4v) is 2.11. The molecule has 1 amide bonds. The maximum atomic E-state index is 12.4. The first kappa shape index (κ1) is 15.7. The number of aryl methyl sites for hydroxylation is 1. The van der Waals surface area contributed by atoms with Crippen molar-refractivity contribution in [2.75, 3.05) is 13.6 Å². The van der Waals surface area contributed by atoms with Gasteiger partial charge in [-0.2, -0.15) is 0 Å². The fourth-order valence-electron chi connectivity index (χ4n) is 2.11. The summed E-state index contributed by atoms with van der Waals surface area (Å²) in [6.07, 6.45) is 5.34. The van der Waals surface area contributed by atoms with Gasteiger partial charge in [-0.05, 0) is 24.1 Å². The lowest BCUT2D eigenvalue weighted by Gasteiger charge is -2.17. The van der Waals surface area contributed by atoms with Crippen LogP contribution in [0.4, 0.5) is 0 Å². The maximum Gasteiger partial charge on any atom is 0.330 e. The molecular weight excluding hydrogens is 284 g/mol. The van der Waals surface area contributed by atoms with Crippen LogP contribution in [0.1, 0.15) is 15.9 Å². The molecule has 2 rings (SSSR count). The van der Waals surface area contributed by atoms with Crippen molar-refractivity contribution in [1.82, 2.24) is 19.0 Å². The molecule has 0 unspecified atom stereocenters. The predicted molar refractivity (Wildman–Crippen MR) is 81.8 cm³/mol. The quantitative estimate of drug-likeness (QED) is 0.783. The highest BCUT2D eigenvalue weighted by atomic mass is 16.2. The third kappa shape index (κ3) is 3.13. The highest BCUT2D eigenvalue weighted by molar-refractivity contribution is 5.93. The van der Waals surface area contributed by atoms with Crippen LogP contribution in [0.25, 0.3) is 0 Å². The van der Waals surface area contributed by atoms with Crippen LogP contribution < -0.4 is 11.2 Å². The van der Waals surface area contributed by atoms with Gasteiger partial charge in [0.2, 0.25) is 0 Å². The lowest BCUT2D eigenvalue weighted by Crippen LogP contribution is -2.42. The average Bonchev–Trinajstić information content (AvgIpc) is 2.54. The molecule has 0 spiro atoms. The molecule has 0 aliphatic heterocycles. The van der Waals surface area contributed by atoms with Gasteiger partial charge in [-0.25, -0.2) is 4.79 Å². The SMILES string of the molecule is CN(CCc1ccncc1)C(=O)c1cn(C)c(=O)n(C)c1=O. The first-order valence-electron chi connectivity index (χ1n) is 6.83. The molecule has 22 heavy (non-hydrogen) atoms. The summed E-state index contributed by atoms with van der Waals surface area (Å²) < 4.78 is 2.16. The molecule has 0 saturated carbocycles. The van der Waals surface area contributed by atoms with E-state index in [1.807, 2.05) is 12.1 Å². The molecule has 2 aromatic heterocycles. The number of likely N-dealkylation sites (N-methyl/N-ethyl adjacent to an activating group) is 1. The molecule has 116 valence electrons. The molecule has 0 bridgehead atoms. The molecule has 2 aromatic rings. The van der Waals surface area contributed by atoms with E-state index in [9.17, 15) is 14.4 Å². The second-order valence-corrected chi connectivity index (χ2v) is 5.13. The maximum absolute atomic E-state index is 12.4. The molecule has 0 saturated heterocycles. The molecule has 0 N–H and O–H groups in total. The Bertz CT molecular complexity index is 793. The normalized spacial score (nSPS) is 10.5. The number of rotatable bonds is 4. The summed E-state index contributed by atoms with van der Waals surface area (Å²) >= 11 is 0. The van der Waals surface area contributed by atoms with E-state index in [2.05, 4.69) is 4.98 Å². The summed E-state index contributed by atoms with van der Waals surface area (Å²) in [7, 11) is 4.50. The monoisotopic (exact) mass is 302 g/mol. The zero-order valence-electron chi connectivity index (χ0n) is 12.8. The third-order valence-electron chi connectivity index (χ3n) is 3.51. The summed E-state index contributed by atoms with van der Waals surface area (Å²) in [4.78, 5) is 41.5. The van der Waals surface area contributed by atoms with Gasteiger partial charge in [0.15, 0.2) is 0 Å². The van der Waals surface area contributed by atoms with E-state index in [1.54, 1.807) is 19.4 Å². The molecule has 0 fully saturated rings. The van der Waals surface area contributed by atoms with Gasteiger partial charge in [0.1, 0.15) is 5.56 Å². The summed E-state index contributed by atoms with van der Waals surface area (Å²) in [5.41, 5.74) is 0.00897. The summed E-state index contributed by atoms with van der Waals surface area (Å²) in [6, 6.07) is 3.76. The third-order valence-corrected chi connectivity index (χ3v) is 3.51. The fraction of sp³-hybridized carbons (Fsp3) is 0.333. The zero-order chi connectivity index (χ0) is 16.3. The van der Waals surface area contributed by atoms with Crippen LogP contribution in [0.2, 0.25) is 0 Å². The van der Waals surface area contributed by atoms with Crippen molar-refractivity contribution in [3.05, 3.63) is 62.7 Å². The molecular formula is C15H18N4O3. The zero-order valence-corrected chi connectivity index (χ0v) is 12.8. The van der Waals surface area contributed by atoms with Crippen LogP contribution in [0, 0.1) is 0 Å². The lowest BCUT2D eigenvalue weighted by atomic mass is 10.2. The Kier molecular flexibility index (Phi) is 4.55. The van der Waals surface area contributed by atoms with E-state index in [0.29, 0.717) is 13.0 Å². The molecule has 7 nitrogen and oxygen atoms in total. The van der Waals surface area contributed by atoms with Gasteiger partial charge in [-0.1, -0.05) is 0 Å². The Morgan fingerprint density at radius 3 is 2.50 bits per heavy atom. The Morgan fingerprint density at radius 2 is 1.86 bits per heavy atom. The number of pyridine rings is 1. The molecule has 0 aliphatic rings. The largest absolute Gasteiger partial charge is 0.341 e. The number of hydrogen-bond donors (Lipinski definition) is 0. The molecule has 2 heterocycles. The Hall–Kier alpha value is -2.70. The number of amides is 1. The number of nitrogens with zero attached hydrogens (tertiary/aromatic N) is 4. The minimum atomic E-state index is -0.580. The van der Waals surface area contributed by atoms with E-state index < -0.39 is 17.2 Å². The van der Waals surface area contributed by atoms with Crippen molar-refractivity contribution in [1.29, 1.82) is 0 Å². The molecule has 0 radical (unpaired) electrons. The van der Waals surface area contributed by atoms with Crippen molar-refractivity contribution < 1.29 is 4.79 Å². The van der Waals surface area contributed by atoms with Crippen LogP contribution in [-0.4, -0.2) is 38.5 Å². The lowest BCUT2D eigenvalue weighted by molar-refractivity contribution is 0.0793. The smallest absolute Gasteiger partial charge is 0.330 e. The molecule has 0 aromatic carbocycles. The second-order valence-electron chi connectivity index (χ2n) is 5.13. The van der Waals surface area contributed by atoms with Crippen molar-refractivity contribution in [2.45, 2.75) is 6.42 Å². The van der Waals surface area contributed by atoms with Gasteiger partial charge in [-0.15, -0.1) is 0 Å². The van der Waals surface area contributed by atoms with Crippen molar-refractivity contribution in [2.24, 2.45) is 14.1 Å².